The van der Waals surface area contributed by atoms with E-state index in [1.165, 1.54) is 0 Å². The van der Waals surface area contributed by atoms with Crippen LogP contribution in [0, 0.1) is 0 Å². The molecule has 1 atom stereocenters. The number of carboxylic acids is 1. The molecule has 0 aromatic carbocycles. The molecule has 0 saturated heterocycles. The Morgan fingerprint density at radius 3 is 2.27 bits per heavy atom. The fraction of sp³-hybridized carbons (Fsp3) is 0.750. The second-order valence-electron chi connectivity index (χ2n) is 2.69. The first kappa shape index (κ1) is 14.5. The molecule has 0 bridgehead atoms. The van der Waals surface area contributed by atoms with Gasteiger partial charge in [0.25, 0.3) is 0 Å². The Bertz CT molecular complexity index is 372. The Hall–Kier alpha value is -0.510. The molecule has 0 aromatic heterocycles. The van der Waals surface area contributed by atoms with Gasteiger partial charge in [-0.05, 0) is 0 Å². The molecule has 0 fully saturated rings. The molecule has 0 aliphatic heterocycles. The lowest BCUT2D eigenvalue weighted by molar-refractivity contribution is -0.137. The summed E-state index contributed by atoms with van der Waals surface area (Å²) >= 11 is 0. The van der Waals surface area contributed by atoms with Gasteiger partial charge in [0.15, 0.2) is 0 Å². The number of carboxylic acid groups (broad SMARTS) is 1. The van der Waals surface area contributed by atoms with E-state index in [0.717, 1.165) is 0 Å². The van der Waals surface area contributed by atoms with Crippen molar-refractivity contribution in [1.29, 1.82) is 0 Å². The van der Waals surface area contributed by atoms with Crippen molar-refractivity contribution in [2.75, 3.05) is 12.0 Å². The van der Waals surface area contributed by atoms with E-state index in [2.05, 4.69) is 0 Å². The summed E-state index contributed by atoms with van der Waals surface area (Å²) in [7, 11) is -8.61. The Labute approximate surface area is 85.5 Å². The molecule has 0 unspecified atom stereocenters. The smallest absolute Gasteiger partial charge is 0.340 e. The number of hydrogen-bond acceptors (Lipinski definition) is 5. The van der Waals surface area contributed by atoms with Crippen molar-refractivity contribution in [2.24, 2.45) is 5.73 Å². The highest BCUT2D eigenvalue weighted by Gasteiger charge is 2.24. The van der Waals surface area contributed by atoms with Gasteiger partial charge in [0, 0.05) is 0 Å². The first-order valence-corrected chi connectivity index (χ1v) is 6.99. The summed E-state index contributed by atoms with van der Waals surface area (Å²) in [5, 5.41) is 8.30. The standard InChI is InChI=1S/C4H11N2O7PS/c5-3(4(7)8)1-15(12,13)6-2-14(9,10)11/h3,6H,1-2,5H2,(H,7,8)(H2,9,10,11)/t3-/m0/s1. The molecule has 0 spiro atoms. The number of hydrogen-bond donors (Lipinski definition) is 5. The number of nitrogens with one attached hydrogen (secondary N) is 1. The van der Waals surface area contributed by atoms with Crippen molar-refractivity contribution in [3.05, 3.63) is 0 Å². The molecular weight excluding hydrogens is 251 g/mol. The molecule has 11 heteroatoms. The highest BCUT2D eigenvalue weighted by molar-refractivity contribution is 7.89. The van der Waals surface area contributed by atoms with Crippen molar-refractivity contribution in [3.63, 3.8) is 0 Å². The lowest BCUT2D eigenvalue weighted by atomic mass is 10.4. The highest BCUT2D eigenvalue weighted by Crippen LogP contribution is 2.32. The maximum atomic E-state index is 11.0. The van der Waals surface area contributed by atoms with Crippen LogP contribution in [0.1, 0.15) is 0 Å². The quantitative estimate of drug-likeness (QED) is 0.326. The summed E-state index contributed by atoms with van der Waals surface area (Å²) in [5.41, 5.74) is 4.93. The zero-order valence-corrected chi connectivity index (χ0v) is 9.11. The molecule has 0 heterocycles. The second kappa shape index (κ2) is 5.01. The van der Waals surface area contributed by atoms with E-state index in [1.807, 2.05) is 0 Å². The van der Waals surface area contributed by atoms with Gasteiger partial charge in [-0.25, -0.2) is 13.1 Å². The number of aliphatic carboxylic acids is 1. The highest BCUT2D eigenvalue weighted by atomic mass is 32.2. The summed E-state index contributed by atoms with van der Waals surface area (Å²) in [5.74, 6) is -2.46. The molecular formula is C4H11N2O7PS. The monoisotopic (exact) mass is 262 g/mol. The van der Waals surface area contributed by atoms with Crippen LogP contribution in [0.15, 0.2) is 0 Å². The zero-order chi connectivity index (χ0) is 12.3. The van der Waals surface area contributed by atoms with Gasteiger partial charge in [-0.3, -0.25) is 9.36 Å². The lowest BCUT2D eigenvalue weighted by Crippen LogP contribution is -2.41. The number of rotatable bonds is 6. The summed E-state index contributed by atoms with van der Waals surface area (Å²) in [4.78, 5) is 26.9. The third kappa shape index (κ3) is 7.42. The maximum absolute atomic E-state index is 11.0. The molecule has 0 rings (SSSR count). The number of nitrogens with two attached hydrogens (primary N) is 1. The van der Waals surface area contributed by atoms with Crippen LogP contribution in [0.3, 0.4) is 0 Å². The van der Waals surface area contributed by atoms with Crippen LogP contribution < -0.4 is 10.5 Å². The average molecular weight is 262 g/mol. The second-order valence-corrected chi connectivity index (χ2v) is 6.19. The number of sulfonamides is 1. The van der Waals surface area contributed by atoms with Gasteiger partial charge >= 0.3 is 13.6 Å². The predicted octanol–water partition coefficient (Wildman–Crippen LogP) is -2.55. The SMILES string of the molecule is N[C@@H](CS(=O)(=O)NCP(=O)(O)O)C(=O)O. The van der Waals surface area contributed by atoms with E-state index in [0.29, 0.717) is 0 Å². The number of carbonyl (C=O) groups is 1. The maximum Gasteiger partial charge on any atom is 0.340 e. The Morgan fingerprint density at radius 1 is 1.47 bits per heavy atom. The van der Waals surface area contributed by atoms with E-state index in [-0.39, 0.29) is 0 Å². The normalized spacial score (nSPS) is 14.9. The van der Waals surface area contributed by atoms with Crippen LogP contribution in [-0.4, -0.2) is 47.4 Å². The molecule has 0 aliphatic rings. The van der Waals surface area contributed by atoms with E-state index in [4.69, 9.17) is 20.6 Å². The van der Waals surface area contributed by atoms with Crippen molar-refractivity contribution in [2.45, 2.75) is 6.04 Å². The van der Waals surface area contributed by atoms with Crippen molar-refractivity contribution in [1.82, 2.24) is 4.72 Å². The molecule has 9 nitrogen and oxygen atoms in total. The minimum absolute atomic E-state index is 0.942. The van der Waals surface area contributed by atoms with Gasteiger partial charge in [-0.15, -0.1) is 0 Å². The zero-order valence-electron chi connectivity index (χ0n) is 7.40. The molecule has 0 radical (unpaired) electrons. The Morgan fingerprint density at radius 2 is 1.93 bits per heavy atom. The van der Waals surface area contributed by atoms with Crippen LogP contribution in [0.5, 0.6) is 0 Å². The van der Waals surface area contributed by atoms with Gasteiger partial charge in [0.05, 0.1) is 5.75 Å². The van der Waals surface area contributed by atoms with E-state index < -0.39 is 41.7 Å². The first-order chi connectivity index (χ1) is 6.53. The summed E-state index contributed by atoms with van der Waals surface area (Å²) < 4.78 is 33.9. The lowest BCUT2D eigenvalue weighted by Gasteiger charge is -2.09. The van der Waals surface area contributed by atoms with E-state index in [1.54, 1.807) is 4.72 Å². The third-order valence-electron chi connectivity index (χ3n) is 1.21. The largest absolute Gasteiger partial charge is 0.480 e. The van der Waals surface area contributed by atoms with Gasteiger partial charge < -0.3 is 20.6 Å². The average Bonchev–Trinajstić information content (AvgIpc) is 1.99. The van der Waals surface area contributed by atoms with Gasteiger partial charge in [-0.1, -0.05) is 0 Å². The van der Waals surface area contributed by atoms with Gasteiger partial charge in [0.2, 0.25) is 10.0 Å². The first-order valence-electron chi connectivity index (χ1n) is 3.54. The third-order valence-corrected chi connectivity index (χ3v) is 3.37. The predicted molar refractivity (Wildman–Crippen MR) is 49.4 cm³/mol. The Kier molecular flexibility index (Phi) is 4.84. The fourth-order valence-electron chi connectivity index (χ4n) is 0.549. The molecule has 90 valence electrons. The summed E-state index contributed by atoms with van der Waals surface area (Å²) in [6.45, 7) is 0. The fourth-order valence-corrected chi connectivity index (χ4v) is 2.74. The van der Waals surface area contributed by atoms with Crippen LogP contribution in [-0.2, 0) is 19.4 Å². The molecule has 0 amide bonds. The molecule has 0 aliphatic carbocycles. The molecule has 15 heavy (non-hydrogen) atoms. The van der Waals surface area contributed by atoms with Gasteiger partial charge in [0.1, 0.15) is 12.3 Å². The van der Waals surface area contributed by atoms with Crippen molar-refractivity contribution >= 4 is 23.6 Å². The molecule has 0 saturated carbocycles. The van der Waals surface area contributed by atoms with Crippen LogP contribution in [0.25, 0.3) is 0 Å². The van der Waals surface area contributed by atoms with Crippen LogP contribution in [0.4, 0.5) is 0 Å². The topological polar surface area (TPSA) is 167 Å². The van der Waals surface area contributed by atoms with E-state index >= 15 is 0 Å². The van der Waals surface area contributed by atoms with Crippen molar-refractivity contribution in [3.8, 4) is 0 Å². The van der Waals surface area contributed by atoms with E-state index in [9.17, 15) is 17.8 Å². The van der Waals surface area contributed by atoms with Gasteiger partial charge in [-0.2, -0.15) is 0 Å². The minimum Gasteiger partial charge on any atom is -0.480 e. The van der Waals surface area contributed by atoms with Crippen molar-refractivity contribution < 1.29 is 32.7 Å². The van der Waals surface area contributed by atoms with Crippen LogP contribution >= 0.6 is 7.60 Å². The summed E-state index contributed by atoms with van der Waals surface area (Å²) in [6, 6.07) is -1.64. The minimum atomic E-state index is -4.51. The molecule has 0 aromatic rings. The summed E-state index contributed by atoms with van der Waals surface area (Å²) in [6.07, 6.45) is -1.08. The molecule has 6 N–H and O–H groups in total. The van der Waals surface area contributed by atoms with Crippen LogP contribution in [0.2, 0.25) is 0 Å². The Balaban J connectivity index is 4.34.